The summed E-state index contributed by atoms with van der Waals surface area (Å²) >= 11 is 0. The van der Waals surface area contributed by atoms with Gasteiger partial charge in [-0.05, 0) is 43.7 Å². The second-order valence-corrected chi connectivity index (χ2v) is 7.22. The number of nitrogens with zero attached hydrogens (tertiary/aromatic N) is 3. The van der Waals surface area contributed by atoms with Crippen molar-refractivity contribution in [2.75, 3.05) is 20.3 Å². The fourth-order valence-corrected chi connectivity index (χ4v) is 3.93. The van der Waals surface area contributed by atoms with E-state index in [2.05, 4.69) is 36.3 Å². The molecule has 1 heterocycles. The number of hydrogen-bond acceptors (Lipinski definition) is 3. The van der Waals surface area contributed by atoms with Crippen LogP contribution in [0.15, 0.2) is 24.3 Å². The van der Waals surface area contributed by atoms with Crippen LogP contribution in [0.1, 0.15) is 46.8 Å². The van der Waals surface area contributed by atoms with Gasteiger partial charge in [-0.1, -0.05) is 24.3 Å². The number of carbonyl (C=O) groups excluding carboxylic acids is 1. The van der Waals surface area contributed by atoms with Gasteiger partial charge in [0.2, 0.25) is 5.91 Å². The Morgan fingerprint density at radius 2 is 2.12 bits per heavy atom. The Morgan fingerprint density at radius 1 is 1.35 bits per heavy atom. The number of rotatable bonds is 7. The minimum absolute atomic E-state index is 0.200. The Bertz CT molecular complexity index is 782. The maximum Gasteiger partial charge on any atom is 0.223 e. The van der Waals surface area contributed by atoms with E-state index in [-0.39, 0.29) is 5.91 Å². The van der Waals surface area contributed by atoms with E-state index in [1.807, 2.05) is 23.6 Å². The first-order valence-electron chi connectivity index (χ1n) is 9.34. The molecule has 0 fully saturated rings. The van der Waals surface area contributed by atoms with Crippen LogP contribution in [0, 0.1) is 13.8 Å². The zero-order valence-corrected chi connectivity index (χ0v) is 16.3. The molecule has 1 atom stereocenters. The van der Waals surface area contributed by atoms with Crippen LogP contribution < -0.4 is 0 Å². The first-order chi connectivity index (χ1) is 12.5. The Hall–Kier alpha value is -2.14. The van der Waals surface area contributed by atoms with Gasteiger partial charge in [-0.3, -0.25) is 9.48 Å². The van der Waals surface area contributed by atoms with E-state index in [0.717, 1.165) is 29.8 Å². The van der Waals surface area contributed by atoms with Crippen LogP contribution >= 0.6 is 0 Å². The summed E-state index contributed by atoms with van der Waals surface area (Å²) in [7, 11) is 3.62. The van der Waals surface area contributed by atoms with Crippen LogP contribution in [0.2, 0.25) is 0 Å². The molecule has 0 saturated heterocycles. The van der Waals surface area contributed by atoms with Crippen LogP contribution in [-0.4, -0.2) is 40.8 Å². The van der Waals surface area contributed by atoms with E-state index in [1.165, 1.54) is 11.1 Å². The Labute approximate surface area is 156 Å². The molecule has 1 aromatic carbocycles. The van der Waals surface area contributed by atoms with Gasteiger partial charge in [0.1, 0.15) is 0 Å². The molecular formula is C21H29N3O2. The van der Waals surface area contributed by atoms with Crippen LogP contribution in [0.25, 0.3) is 0 Å². The van der Waals surface area contributed by atoms with Gasteiger partial charge in [0, 0.05) is 44.9 Å². The van der Waals surface area contributed by atoms with E-state index in [1.54, 1.807) is 7.11 Å². The van der Waals surface area contributed by atoms with Crippen molar-refractivity contribution in [3.05, 3.63) is 52.3 Å². The molecular weight excluding hydrogens is 326 g/mol. The SMILES string of the molecule is COCCN(Cc1c(C)nn(C)c1C)C(=O)CC1CCc2ccccc21. The topological polar surface area (TPSA) is 47.4 Å². The van der Waals surface area contributed by atoms with Gasteiger partial charge in [-0.2, -0.15) is 5.10 Å². The average molecular weight is 355 g/mol. The lowest BCUT2D eigenvalue weighted by Gasteiger charge is -2.24. The van der Waals surface area contributed by atoms with Gasteiger partial charge in [0.05, 0.1) is 12.3 Å². The van der Waals surface area contributed by atoms with E-state index < -0.39 is 0 Å². The molecule has 1 aliphatic carbocycles. The number of aromatic nitrogens is 2. The number of fused-ring (bicyclic) bond motifs is 1. The third kappa shape index (κ3) is 3.83. The van der Waals surface area contributed by atoms with E-state index in [4.69, 9.17) is 4.74 Å². The molecule has 2 aromatic rings. The highest BCUT2D eigenvalue weighted by Gasteiger charge is 2.27. The smallest absolute Gasteiger partial charge is 0.223 e. The minimum atomic E-state index is 0.200. The molecule has 0 bridgehead atoms. The lowest BCUT2D eigenvalue weighted by atomic mass is 9.97. The third-order valence-electron chi connectivity index (χ3n) is 5.60. The molecule has 1 aromatic heterocycles. The summed E-state index contributed by atoms with van der Waals surface area (Å²) in [6, 6.07) is 8.52. The van der Waals surface area contributed by atoms with Crippen molar-refractivity contribution in [3.63, 3.8) is 0 Å². The number of methoxy groups -OCH3 is 1. The van der Waals surface area contributed by atoms with Crippen molar-refractivity contribution in [3.8, 4) is 0 Å². The van der Waals surface area contributed by atoms with Crippen LogP contribution in [0.5, 0.6) is 0 Å². The number of amides is 1. The van der Waals surface area contributed by atoms with Crippen molar-refractivity contribution in [2.24, 2.45) is 7.05 Å². The molecule has 1 unspecified atom stereocenters. The van der Waals surface area contributed by atoms with Crippen molar-refractivity contribution in [1.82, 2.24) is 14.7 Å². The minimum Gasteiger partial charge on any atom is -0.383 e. The molecule has 0 N–H and O–H groups in total. The molecule has 0 spiro atoms. The van der Waals surface area contributed by atoms with Crippen molar-refractivity contribution in [1.29, 1.82) is 0 Å². The molecule has 1 aliphatic rings. The molecule has 3 rings (SSSR count). The van der Waals surface area contributed by atoms with Crippen molar-refractivity contribution in [2.45, 2.75) is 45.6 Å². The van der Waals surface area contributed by atoms with Crippen LogP contribution in [0.4, 0.5) is 0 Å². The normalized spacial score (nSPS) is 15.9. The summed E-state index contributed by atoms with van der Waals surface area (Å²) in [6.45, 7) is 5.82. The molecule has 140 valence electrons. The summed E-state index contributed by atoms with van der Waals surface area (Å²) in [4.78, 5) is 15.0. The Balaban J connectivity index is 1.74. The van der Waals surface area contributed by atoms with E-state index >= 15 is 0 Å². The molecule has 5 heteroatoms. The number of benzene rings is 1. The Kier molecular flexibility index (Phi) is 5.77. The predicted molar refractivity (Wildman–Crippen MR) is 102 cm³/mol. The lowest BCUT2D eigenvalue weighted by Crippen LogP contribution is -2.34. The van der Waals surface area contributed by atoms with Gasteiger partial charge in [-0.15, -0.1) is 0 Å². The molecule has 1 amide bonds. The lowest BCUT2D eigenvalue weighted by molar-refractivity contribution is -0.132. The first-order valence-corrected chi connectivity index (χ1v) is 9.34. The molecule has 26 heavy (non-hydrogen) atoms. The highest BCUT2D eigenvalue weighted by molar-refractivity contribution is 5.77. The van der Waals surface area contributed by atoms with Crippen LogP contribution in [-0.2, 0) is 29.5 Å². The van der Waals surface area contributed by atoms with Gasteiger partial charge < -0.3 is 9.64 Å². The Morgan fingerprint density at radius 3 is 2.81 bits per heavy atom. The molecule has 0 saturated carbocycles. The van der Waals surface area contributed by atoms with E-state index in [9.17, 15) is 4.79 Å². The van der Waals surface area contributed by atoms with Gasteiger partial charge >= 0.3 is 0 Å². The van der Waals surface area contributed by atoms with Crippen molar-refractivity contribution < 1.29 is 9.53 Å². The summed E-state index contributed by atoms with van der Waals surface area (Å²) < 4.78 is 7.12. The third-order valence-corrected chi connectivity index (χ3v) is 5.60. The van der Waals surface area contributed by atoms with Crippen molar-refractivity contribution >= 4 is 5.91 Å². The summed E-state index contributed by atoms with van der Waals surface area (Å²) in [6.07, 6.45) is 2.71. The number of aryl methyl sites for hydroxylation is 3. The summed E-state index contributed by atoms with van der Waals surface area (Å²) in [5.41, 5.74) is 5.99. The predicted octanol–water partition coefficient (Wildman–Crippen LogP) is 3.13. The highest BCUT2D eigenvalue weighted by Crippen LogP contribution is 2.35. The quantitative estimate of drug-likeness (QED) is 0.767. The first kappa shape index (κ1) is 18.6. The summed E-state index contributed by atoms with van der Waals surface area (Å²) in [5, 5.41) is 4.48. The fraction of sp³-hybridized carbons (Fsp3) is 0.524. The summed E-state index contributed by atoms with van der Waals surface area (Å²) in [5.74, 6) is 0.534. The largest absolute Gasteiger partial charge is 0.383 e. The standard InChI is InChI=1S/C21H29N3O2/c1-15-20(16(2)23(3)22-15)14-24(11-12-26-4)21(25)13-18-10-9-17-7-5-6-8-19(17)18/h5-8,18H,9-14H2,1-4H3. The molecule has 5 nitrogen and oxygen atoms in total. The van der Waals surface area contributed by atoms with Gasteiger partial charge in [0.25, 0.3) is 0 Å². The maximum absolute atomic E-state index is 13.1. The number of hydrogen-bond donors (Lipinski definition) is 0. The van der Waals surface area contributed by atoms with Gasteiger partial charge in [-0.25, -0.2) is 0 Å². The van der Waals surface area contributed by atoms with Crippen LogP contribution in [0.3, 0.4) is 0 Å². The maximum atomic E-state index is 13.1. The molecule has 0 aliphatic heterocycles. The monoisotopic (exact) mass is 355 g/mol. The van der Waals surface area contributed by atoms with E-state index in [0.29, 0.717) is 32.0 Å². The highest BCUT2D eigenvalue weighted by atomic mass is 16.5. The van der Waals surface area contributed by atoms with Gasteiger partial charge in [0.15, 0.2) is 0 Å². The zero-order chi connectivity index (χ0) is 18.7. The average Bonchev–Trinajstić information content (AvgIpc) is 3.14. The number of ether oxygens (including phenoxy) is 1. The number of carbonyl (C=O) groups is 1. The fourth-order valence-electron chi connectivity index (χ4n) is 3.93. The second kappa shape index (κ2) is 8.04. The second-order valence-electron chi connectivity index (χ2n) is 7.22. The molecule has 0 radical (unpaired) electrons. The zero-order valence-electron chi connectivity index (χ0n) is 16.3.